The second-order valence-corrected chi connectivity index (χ2v) is 5.06. The molecule has 5 nitrogen and oxygen atoms in total. The molecule has 0 aliphatic heterocycles. The molecular weight excluding hydrogens is 292 g/mol. The molecule has 3 aromatic rings. The molecule has 0 aliphatic rings. The first-order chi connectivity index (χ1) is 11.2. The summed E-state index contributed by atoms with van der Waals surface area (Å²) in [7, 11) is 0. The fraction of sp³-hybridized carbons (Fsp3) is 0.222. The third-order valence-corrected chi connectivity index (χ3v) is 3.24. The van der Waals surface area contributed by atoms with E-state index in [0.717, 1.165) is 11.3 Å². The maximum Gasteiger partial charge on any atom is 0.254 e. The van der Waals surface area contributed by atoms with E-state index in [1.807, 2.05) is 62.4 Å². The van der Waals surface area contributed by atoms with Gasteiger partial charge in [-0.1, -0.05) is 23.8 Å². The molecule has 0 fully saturated rings. The smallest absolute Gasteiger partial charge is 0.254 e. The fourth-order valence-corrected chi connectivity index (χ4v) is 2.09. The van der Waals surface area contributed by atoms with Gasteiger partial charge in [0, 0.05) is 11.6 Å². The van der Waals surface area contributed by atoms with Crippen LogP contribution in [0.2, 0.25) is 0 Å². The Morgan fingerprint density at radius 2 is 1.70 bits per heavy atom. The van der Waals surface area contributed by atoms with Crippen molar-refractivity contribution in [2.45, 2.75) is 20.5 Å². The molecule has 23 heavy (non-hydrogen) atoms. The zero-order valence-corrected chi connectivity index (χ0v) is 13.2. The van der Waals surface area contributed by atoms with Gasteiger partial charge < -0.3 is 13.9 Å². The van der Waals surface area contributed by atoms with E-state index < -0.39 is 0 Å². The van der Waals surface area contributed by atoms with Crippen molar-refractivity contribution in [2.75, 3.05) is 6.61 Å². The summed E-state index contributed by atoms with van der Waals surface area (Å²) in [6.45, 7) is 4.81. The van der Waals surface area contributed by atoms with Crippen LogP contribution in [0, 0.1) is 6.92 Å². The first-order valence-electron chi connectivity index (χ1n) is 7.49. The quantitative estimate of drug-likeness (QED) is 0.688. The van der Waals surface area contributed by atoms with E-state index in [-0.39, 0.29) is 6.61 Å². The molecule has 0 saturated heterocycles. The molecule has 0 unspecified atom stereocenters. The van der Waals surface area contributed by atoms with Gasteiger partial charge in [-0.2, -0.15) is 0 Å². The predicted molar refractivity (Wildman–Crippen MR) is 86.4 cm³/mol. The van der Waals surface area contributed by atoms with Crippen molar-refractivity contribution in [3.63, 3.8) is 0 Å². The maximum atomic E-state index is 5.67. The van der Waals surface area contributed by atoms with Gasteiger partial charge in [-0.05, 0) is 38.1 Å². The number of aromatic nitrogens is 2. The van der Waals surface area contributed by atoms with Gasteiger partial charge in [0.05, 0.1) is 6.61 Å². The van der Waals surface area contributed by atoms with E-state index in [1.54, 1.807) is 0 Å². The monoisotopic (exact) mass is 310 g/mol. The van der Waals surface area contributed by atoms with Gasteiger partial charge in [0.1, 0.15) is 11.5 Å². The summed E-state index contributed by atoms with van der Waals surface area (Å²) in [5.74, 6) is 2.40. The van der Waals surface area contributed by atoms with Crippen LogP contribution in [0.25, 0.3) is 11.5 Å². The van der Waals surface area contributed by atoms with Gasteiger partial charge >= 0.3 is 0 Å². The summed E-state index contributed by atoms with van der Waals surface area (Å²) in [5.41, 5.74) is 2.08. The first kappa shape index (κ1) is 15.1. The molecule has 3 rings (SSSR count). The topological polar surface area (TPSA) is 57.4 Å². The summed E-state index contributed by atoms with van der Waals surface area (Å²) < 4.78 is 16.7. The summed E-state index contributed by atoms with van der Waals surface area (Å²) in [6, 6.07) is 15.4. The van der Waals surface area contributed by atoms with Gasteiger partial charge in [-0.25, -0.2) is 0 Å². The van der Waals surface area contributed by atoms with E-state index >= 15 is 0 Å². The number of hydrogen-bond acceptors (Lipinski definition) is 5. The third kappa shape index (κ3) is 3.88. The molecule has 0 N–H and O–H groups in total. The molecule has 1 aromatic heterocycles. The van der Waals surface area contributed by atoms with E-state index in [2.05, 4.69) is 10.2 Å². The van der Waals surface area contributed by atoms with Crippen LogP contribution >= 0.6 is 0 Å². The van der Waals surface area contributed by atoms with Gasteiger partial charge in [0.25, 0.3) is 5.89 Å². The van der Waals surface area contributed by atoms with E-state index in [1.165, 1.54) is 5.56 Å². The lowest BCUT2D eigenvalue weighted by atomic mass is 10.1. The standard InChI is InChI=1S/C18H18N2O3/c1-3-21-15-5-4-6-16(11-15)22-12-17-19-20-18(23-17)14-9-7-13(2)8-10-14/h4-11H,3,12H2,1-2H3. The van der Waals surface area contributed by atoms with Crippen LogP contribution in [0.3, 0.4) is 0 Å². The Hall–Kier alpha value is -2.82. The van der Waals surface area contributed by atoms with Gasteiger partial charge in [-0.3, -0.25) is 0 Å². The Bertz CT molecular complexity index is 766. The second-order valence-electron chi connectivity index (χ2n) is 5.06. The van der Waals surface area contributed by atoms with Crippen LogP contribution < -0.4 is 9.47 Å². The van der Waals surface area contributed by atoms with E-state index in [4.69, 9.17) is 13.9 Å². The Kier molecular flexibility index (Phi) is 4.57. The Morgan fingerprint density at radius 1 is 0.957 bits per heavy atom. The van der Waals surface area contributed by atoms with Crippen molar-refractivity contribution < 1.29 is 13.9 Å². The SMILES string of the molecule is CCOc1cccc(OCc2nnc(-c3ccc(C)cc3)o2)c1. The number of benzene rings is 2. The van der Waals surface area contributed by atoms with Gasteiger partial charge in [0.15, 0.2) is 6.61 Å². The number of hydrogen-bond donors (Lipinski definition) is 0. The summed E-state index contributed by atoms with van der Waals surface area (Å²) >= 11 is 0. The summed E-state index contributed by atoms with van der Waals surface area (Å²) in [4.78, 5) is 0. The summed E-state index contributed by atoms with van der Waals surface area (Å²) in [5, 5.41) is 8.07. The second kappa shape index (κ2) is 6.96. The molecule has 0 aliphatic carbocycles. The lowest BCUT2D eigenvalue weighted by Gasteiger charge is -2.06. The number of nitrogens with zero attached hydrogens (tertiary/aromatic N) is 2. The Morgan fingerprint density at radius 3 is 2.43 bits per heavy atom. The highest BCUT2D eigenvalue weighted by molar-refractivity contribution is 5.52. The van der Waals surface area contributed by atoms with Crippen molar-refractivity contribution in [1.29, 1.82) is 0 Å². The van der Waals surface area contributed by atoms with Gasteiger partial charge in [0.2, 0.25) is 5.89 Å². The van der Waals surface area contributed by atoms with Crippen LogP contribution in [-0.2, 0) is 6.61 Å². The molecule has 0 saturated carbocycles. The molecule has 118 valence electrons. The zero-order valence-electron chi connectivity index (χ0n) is 13.2. The van der Waals surface area contributed by atoms with E-state index in [0.29, 0.717) is 24.1 Å². The summed E-state index contributed by atoms with van der Waals surface area (Å²) in [6.07, 6.45) is 0. The maximum absolute atomic E-state index is 5.67. The van der Waals surface area contributed by atoms with Crippen LogP contribution in [0.5, 0.6) is 11.5 Å². The lowest BCUT2D eigenvalue weighted by molar-refractivity contribution is 0.262. The molecular formula is C18H18N2O3. The van der Waals surface area contributed by atoms with Crippen molar-refractivity contribution in [1.82, 2.24) is 10.2 Å². The fourth-order valence-electron chi connectivity index (χ4n) is 2.09. The molecule has 0 radical (unpaired) electrons. The average molecular weight is 310 g/mol. The van der Waals surface area contributed by atoms with Crippen molar-refractivity contribution >= 4 is 0 Å². The number of ether oxygens (including phenoxy) is 2. The highest BCUT2D eigenvalue weighted by Gasteiger charge is 2.09. The highest BCUT2D eigenvalue weighted by atomic mass is 16.5. The molecule has 0 spiro atoms. The first-order valence-corrected chi connectivity index (χ1v) is 7.49. The van der Waals surface area contributed by atoms with Crippen LogP contribution in [-0.4, -0.2) is 16.8 Å². The normalized spacial score (nSPS) is 10.5. The Labute approximate surface area is 134 Å². The van der Waals surface area contributed by atoms with Crippen LogP contribution in [0.1, 0.15) is 18.4 Å². The molecule has 0 atom stereocenters. The third-order valence-electron chi connectivity index (χ3n) is 3.24. The minimum atomic E-state index is 0.217. The number of rotatable bonds is 6. The molecule has 0 amide bonds. The zero-order chi connectivity index (χ0) is 16.1. The van der Waals surface area contributed by atoms with Gasteiger partial charge in [-0.15, -0.1) is 10.2 Å². The van der Waals surface area contributed by atoms with E-state index in [9.17, 15) is 0 Å². The highest BCUT2D eigenvalue weighted by Crippen LogP contribution is 2.22. The average Bonchev–Trinajstić information content (AvgIpc) is 3.03. The predicted octanol–water partition coefficient (Wildman–Crippen LogP) is 4.02. The Balaban J connectivity index is 1.65. The molecule has 1 heterocycles. The van der Waals surface area contributed by atoms with Crippen molar-refractivity contribution in [3.8, 4) is 23.0 Å². The minimum absolute atomic E-state index is 0.217. The molecule has 2 aromatic carbocycles. The lowest BCUT2D eigenvalue weighted by Crippen LogP contribution is -1.97. The van der Waals surface area contributed by atoms with Crippen LogP contribution in [0.15, 0.2) is 52.9 Å². The largest absolute Gasteiger partial charge is 0.494 e. The minimum Gasteiger partial charge on any atom is -0.494 e. The van der Waals surface area contributed by atoms with Crippen LogP contribution in [0.4, 0.5) is 0 Å². The number of aryl methyl sites for hydroxylation is 1. The van der Waals surface area contributed by atoms with Crippen molar-refractivity contribution in [2.24, 2.45) is 0 Å². The molecule has 0 bridgehead atoms. The van der Waals surface area contributed by atoms with Crippen molar-refractivity contribution in [3.05, 3.63) is 60.0 Å². The molecule has 5 heteroatoms.